The first kappa shape index (κ1) is 7.96. The molecule has 1 rings (SSSR count). The van der Waals surface area contributed by atoms with E-state index in [9.17, 15) is 0 Å². The molecule has 1 unspecified atom stereocenters. The quantitative estimate of drug-likeness (QED) is 0.603. The van der Waals surface area contributed by atoms with E-state index in [1.54, 1.807) is 7.11 Å². The molecule has 6 nitrogen and oxygen atoms in total. The molecule has 0 saturated carbocycles. The molecule has 1 atom stereocenters. The maximum Gasteiger partial charge on any atom is 0.260 e. The number of hydrogen-bond acceptors (Lipinski definition) is 6. The summed E-state index contributed by atoms with van der Waals surface area (Å²) in [4.78, 5) is 3.72. The molecule has 0 aliphatic carbocycles. The fourth-order valence-corrected chi connectivity index (χ4v) is 0.649. The van der Waals surface area contributed by atoms with Crippen molar-refractivity contribution in [1.29, 1.82) is 0 Å². The average Bonchev–Trinajstić information content (AvgIpc) is 2.36. The monoisotopic (exact) mass is 158 g/mol. The zero-order valence-corrected chi connectivity index (χ0v) is 6.15. The van der Waals surface area contributed by atoms with E-state index in [0.717, 1.165) is 0 Å². The van der Waals surface area contributed by atoms with Crippen LogP contribution in [0.1, 0.15) is 11.9 Å². The Labute approximate surface area is 63.5 Å². The van der Waals surface area contributed by atoms with Crippen molar-refractivity contribution in [1.82, 2.24) is 10.1 Å². The van der Waals surface area contributed by atoms with Crippen LogP contribution in [0.25, 0.3) is 0 Å². The van der Waals surface area contributed by atoms with Gasteiger partial charge in [-0.1, -0.05) is 0 Å². The van der Waals surface area contributed by atoms with Crippen LogP contribution in [-0.4, -0.2) is 23.9 Å². The standard InChI is InChI=1S/C5H10N4O2/c1-10-2-3(6)4-8-5(7)9-11-4/h3H,2,6H2,1H3,(H2,7,9). The second kappa shape index (κ2) is 3.31. The van der Waals surface area contributed by atoms with Crippen LogP contribution >= 0.6 is 0 Å². The van der Waals surface area contributed by atoms with Gasteiger partial charge in [0.1, 0.15) is 6.04 Å². The van der Waals surface area contributed by atoms with Crippen LogP contribution in [0, 0.1) is 0 Å². The van der Waals surface area contributed by atoms with E-state index in [2.05, 4.69) is 14.7 Å². The first-order chi connectivity index (χ1) is 5.24. The average molecular weight is 158 g/mol. The topological polar surface area (TPSA) is 100 Å². The molecule has 0 saturated heterocycles. The number of nitrogens with two attached hydrogens (primary N) is 2. The van der Waals surface area contributed by atoms with Crippen molar-refractivity contribution in [2.24, 2.45) is 5.73 Å². The maximum atomic E-state index is 5.54. The molecular formula is C5H10N4O2. The van der Waals surface area contributed by atoms with Crippen LogP contribution < -0.4 is 11.5 Å². The normalized spacial score (nSPS) is 13.3. The third kappa shape index (κ3) is 1.89. The number of hydrogen-bond donors (Lipinski definition) is 2. The first-order valence-corrected chi connectivity index (χ1v) is 3.07. The molecular weight excluding hydrogens is 148 g/mol. The highest BCUT2D eigenvalue weighted by atomic mass is 16.5. The molecule has 0 bridgehead atoms. The molecule has 1 aromatic heterocycles. The van der Waals surface area contributed by atoms with Gasteiger partial charge < -0.3 is 20.7 Å². The lowest BCUT2D eigenvalue weighted by Crippen LogP contribution is -2.16. The molecule has 0 aliphatic rings. The Morgan fingerprint density at radius 3 is 2.91 bits per heavy atom. The Hall–Kier alpha value is -1.14. The van der Waals surface area contributed by atoms with Crippen molar-refractivity contribution in [2.75, 3.05) is 19.5 Å². The van der Waals surface area contributed by atoms with E-state index in [-0.39, 0.29) is 5.95 Å². The minimum Gasteiger partial charge on any atom is -0.383 e. The lowest BCUT2D eigenvalue weighted by Gasteiger charge is -2.02. The SMILES string of the molecule is COCC(N)c1nc(N)no1. The Balaban J connectivity index is 2.60. The van der Waals surface area contributed by atoms with Gasteiger partial charge in [0, 0.05) is 7.11 Å². The maximum absolute atomic E-state index is 5.54. The van der Waals surface area contributed by atoms with Crippen molar-refractivity contribution >= 4 is 5.95 Å². The van der Waals surface area contributed by atoms with Crippen molar-refractivity contribution < 1.29 is 9.26 Å². The molecule has 1 heterocycles. The molecule has 1 aromatic rings. The van der Waals surface area contributed by atoms with Gasteiger partial charge in [0.05, 0.1) is 6.61 Å². The van der Waals surface area contributed by atoms with Gasteiger partial charge in [0.25, 0.3) is 5.95 Å². The highest BCUT2D eigenvalue weighted by molar-refractivity contribution is 5.11. The van der Waals surface area contributed by atoms with Crippen molar-refractivity contribution in [3.05, 3.63) is 5.89 Å². The Morgan fingerprint density at radius 1 is 1.73 bits per heavy atom. The summed E-state index contributed by atoms with van der Waals surface area (Å²) in [5.41, 5.74) is 10.7. The fourth-order valence-electron chi connectivity index (χ4n) is 0.649. The van der Waals surface area contributed by atoms with E-state index < -0.39 is 6.04 Å². The minimum absolute atomic E-state index is 0.0894. The van der Waals surface area contributed by atoms with Gasteiger partial charge in [0.2, 0.25) is 5.89 Å². The zero-order valence-electron chi connectivity index (χ0n) is 6.15. The van der Waals surface area contributed by atoms with E-state index in [1.807, 2.05) is 0 Å². The first-order valence-electron chi connectivity index (χ1n) is 3.07. The Morgan fingerprint density at radius 2 is 2.45 bits per heavy atom. The van der Waals surface area contributed by atoms with Crippen molar-refractivity contribution in [2.45, 2.75) is 6.04 Å². The molecule has 62 valence electrons. The van der Waals surface area contributed by atoms with Crippen LogP contribution in [0.3, 0.4) is 0 Å². The molecule has 11 heavy (non-hydrogen) atoms. The molecule has 4 N–H and O–H groups in total. The summed E-state index contributed by atoms with van der Waals surface area (Å²) >= 11 is 0. The third-order valence-corrected chi connectivity index (χ3v) is 1.12. The molecule has 0 aromatic carbocycles. The van der Waals surface area contributed by atoms with E-state index in [4.69, 9.17) is 16.2 Å². The molecule has 0 radical (unpaired) electrons. The number of ether oxygens (including phenoxy) is 1. The Bertz CT molecular complexity index is 224. The van der Waals surface area contributed by atoms with Crippen LogP contribution in [0.4, 0.5) is 5.95 Å². The summed E-state index contributed by atoms with van der Waals surface area (Å²) in [5.74, 6) is 0.385. The number of methoxy groups -OCH3 is 1. The van der Waals surface area contributed by atoms with Crippen LogP contribution in [0.5, 0.6) is 0 Å². The predicted molar refractivity (Wildman–Crippen MR) is 37.5 cm³/mol. The summed E-state index contributed by atoms with van der Waals surface area (Å²) in [6.07, 6.45) is 0. The van der Waals surface area contributed by atoms with Gasteiger partial charge >= 0.3 is 0 Å². The number of nitrogens with zero attached hydrogens (tertiary/aromatic N) is 2. The highest BCUT2D eigenvalue weighted by Gasteiger charge is 2.12. The lowest BCUT2D eigenvalue weighted by atomic mass is 10.3. The van der Waals surface area contributed by atoms with Gasteiger partial charge in [-0.3, -0.25) is 0 Å². The number of nitrogen functional groups attached to an aromatic ring is 1. The largest absolute Gasteiger partial charge is 0.383 e. The second-order valence-corrected chi connectivity index (χ2v) is 2.05. The molecule has 0 amide bonds. The van der Waals surface area contributed by atoms with Crippen molar-refractivity contribution in [3.63, 3.8) is 0 Å². The summed E-state index contributed by atoms with van der Waals surface area (Å²) in [6.45, 7) is 0.335. The zero-order chi connectivity index (χ0) is 8.27. The third-order valence-electron chi connectivity index (χ3n) is 1.12. The molecule has 6 heteroatoms. The highest BCUT2D eigenvalue weighted by Crippen LogP contribution is 2.07. The second-order valence-electron chi connectivity index (χ2n) is 2.05. The van der Waals surface area contributed by atoms with Crippen LogP contribution in [0.2, 0.25) is 0 Å². The van der Waals surface area contributed by atoms with E-state index >= 15 is 0 Å². The Kier molecular flexibility index (Phi) is 2.40. The van der Waals surface area contributed by atoms with Gasteiger partial charge in [-0.2, -0.15) is 4.98 Å². The van der Waals surface area contributed by atoms with Gasteiger partial charge in [-0.05, 0) is 5.16 Å². The molecule has 0 spiro atoms. The lowest BCUT2D eigenvalue weighted by molar-refractivity contribution is 0.166. The van der Waals surface area contributed by atoms with E-state index in [0.29, 0.717) is 12.5 Å². The minimum atomic E-state index is -0.398. The van der Waals surface area contributed by atoms with Gasteiger partial charge in [-0.25, -0.2) is 0 Å². The van der Waals surface area contributed by atoms with Crippen LogP contribution in [-0.2, 0) is 4.74 Å². The van der Waals surface area contributed by atoms with Gasteiger partial charge in [-0.15, -0.1) is 0 Å². The summed E-state index contributed by atoms with van der Waals surface area (Å²) in [5, 5.41) is 3.38. The van der Waals surface area contributed by atoms with E-state index in [1.165, 1.54) is 0 Å². The summed E-state index contributed by atoms with van der Waals surface area (Å²) in [7, 11) is 1.54. The molecule has 0 fully saturated rings. The number of anilines is 1. The molecule has 0 aliphatic heterocycles. The van der Waals surface area contributed by atoms with Gasteiger partial charge in [0.15, 0.2) is 0 Å². The van der Waals surface area contributed by atoms with Crippen molar-refractivity contribution in [3.8, 4) is 0 Å². The summed E-state index contributed by atoms with van der Waals surface area (Å²) < 4.78 is 9.46. The number of rotatable bonds is 3. The smallest absolute Gasteiger partial charge is 0.260 e. The predicted octanol–water partition coefficient (Wildman–Crippen LogP) is -0.702. The summed E-state index contributed by atoms with van der Waals surface area (Å²) in [6, 6.07) is -0.398. The van der Waals surface area contributed by atoms with Crippen LogP contribution in [0.15, 0.2) is 4.52 Å². The fraction of sp³-hybridized carbons (Fsp3) is 0.600. The number of aromatic nitrogens is 2.